The van der Waals surface area contributed by atoms with Gasteiger partial charge in [0, 0.05) is 24.6 Å². The van der Waals surface area contributed by atoms with Crippen molar-refractivity contribution in [2.75, 3.05) is 16.8 Å². The first-order valence-corrected chi connectivity index (χ1v) is 8.51. The highest BCUT2D eigenvalue weighted by Crippen LogP contribution is 2.22. The number of benzene rings is 2. The molecule has 3 rings (SSSR count). The molecular formula is C20H17F3N4O. The Morgan fingerprint density at radius 3 is 2.43 bits per heavy atom. The fourth-order valence-electron chi connectivity index (χ4n) is 2.64. The second-order valence-corrected chi connectivity index (χ2v) is 6.03. The van der Waals surface area contributed by atoms with Crippen LogP contribution in [0.5, 0.6) is 0 Å². The maximum atomic E-state index is 13.7. The van der Waals surface area contributed by atoms with Gasteiger partial charge < -0.3 is 10.2 Å². The molecule has 144 valence electrons. The van der Waals surface area contributed by atoms with Crippen LogP contribution >= 0.6 is 0 Å². The predicted octanol–water partition coefficient (Wildman–Crippen LogP) is 4.61. The number of hydrogen-bond donors (Lipinski definition) is 1. The Hall–Kier alpha value is -3.42. The maximum Gasteiger partial charge on any atom is 0.261 e. The Bertz CT molecular complexity index is 1010. The molecule has 3 aromatic rings. The van der Waals surface area contributed by atoms with Crippen molar-refractivity contribution in [2.45, 2.75) is 13.8 Å². The number of hydrogen-bond acceptors (Lipinski definition) is 4. The smallest absolute Gasteiger partial charge is 0.261 e. The number of nitrogens with one attached hydrogen (secondary N) is 1. The van der Waals surface area contributed by atoms with Crippen LogP contribution in [0.2, 0.25) is 0 Å². The fourth-order valence-corrected chi connectivity index (χ4v) is 2.64. The summed E-state index contributed by atoms with van der Waals surface area (Å²) in [6.45, 7) is 4.23. The molecule has 1 aromatic heterocycles. The molecule has 8 heteroatoms. The molecule has 2 aromatic carbocycles. The van der Waals surface area contributed by atoms with Crippen LogP contribution in [-0.2, 0) is 0 Å². The van der Waals surface area contributed by atoms with Crippen molar-refractivity contribution in [2.24, 2.45) is 0 Å². The second-order valence-electron chi connectivity index (χ2n) is 6.03. The predicted molar refractivity (Wildman–Crippen MR) is 100 cm³/mol. The van der Waals surface area contributed by atoms with Gasteiger partial charge in [0.25, 0.3) is 5.91 Å². The normalized spacial score (nSPS) is 10.6. The van der Waals surface area contributed by atoms with E-state index >= 15 is 0 Å². The summed E-state index contributed by atoms with van der Waals surface area (Å²) in [6, 6.07) is 9.34. The number of aryl methyl sites for hydroxylation is 1. The zero-order valence-corrected chi connectivity index (χ0v) is 15.2. The molecule has 1 amide bonds. The van der Waals surface area contributed by atoms with Gasteiger partial charge in [-0.25, -0.2) is 23.1 Å². The summed E-state index contributed by atoms with van der Waals surface area (Å²) in [5.74, 6) is -4.60. The Kier molecular flexibility index (Phi) is 5.58. The van der Waals surface area contributed by atoms with Crippen LogP contribution in [0.15, 0.2) is 48.8 Å². The quantitative estimate of drug-likeness (QED) is 0.651. The fraction of sp³-hybridized carbons (Fsp3) is 0.150. The number of halogens is 3. The number of rotatable bonds is 5. The molecule has 0 spiro atoms. The zero-order valence-electron chi connectivity index (χ0n) is 15.2. The molecule has 28 heavy (non-hydrogen) atoms. The molecule has 0 aliphatic rings. The topological polar surface area (TPSA) is 58.1 Å². The largest absolute Gasteiger partial charge is 0.322 e. The van der Waals surface area contributed by atoms with Crippen molar-refractivity contribution < 1.29 is 18.0 Å². The van der Waals surface area contributed by atoms with Gasteiger partial charge in [0.1, 0.15) is 0 Å². The molecule has 0 bridgehead atoms. The number of aromatic nitrogens is 2. The van der Waals surface area contributed by atoms with E-state index in [1.54, 1.807) is 4.90 Å². The van der Waals surface area contributed by atoms with Gasteiger partial charge in [-0.15, -0.1) is 0 Å². The van der Waals surface area contributed by atoms with Crippen LogP contribution in [0.25, 0.3) is 0 Å². The van der Waals surface area contributed by atoms with E-state index in [-0.39, 0.29) is 23.1 Å². The summed E-state index contributed by atoms with van der Waals surface area (Å²) in [4.78, 5) is 22.3. The third-order valence-electron chi connectivity index (χ3n) is 4.06. The first-order valence-electron chi connectivity index (χ1n) is 8.51. The van der Waals surface area contributed by atoms with E-state index in [0.29, 0.717) is 6.54 Å². The van der Waals surface area contributed by atoms with Crippen molar-refractivity contribution in [3.63, 3.8) is 0 Å². The van der Waals surface area contributed by atoms with Gasteiger partial charge in [0.2, 0.25) is 5.95 Å². The number of amides is 1. The van der Waals surface area contributed by atoms with E-state index in [0.717, 1.165) is 23.4 Å². The van der Waals surface area contributed by atoms with Gasteiger partial charge >= 0.3 is 0 Å². The van der Waals surface area contributed by atoms with E-state index in [1.807, 2.05) is 38.1 Å². The van der Waals surface area contributed by atoms with Gasteiger partial charge in [-0.1, -0.05) is 12.1 Å². The molecule has 1 N–H and O–H groups in total. The summed E-state index contributed by atoms with van der Waals surface area (Å²) < 4.78 is 40.0. The van der Waals surface area contributed by atoms with Crippen LogP contribution in [0, 0.1) is 24.4 Å². The third kappa shape index (κ3) is 3.95. The van der Waals surface area contributed by atoms with Crippen LogP contribution < -0.4 is 10.2 Å². The highest BCUT2D eigenvalue weighted by Gasteiger charge is 2.18. The number of anilines is 3. The van der Waals surface area contributed by atoms with Crippen LogP contribution in [0.4, 0.5) is 30.5 Å². The molecule has 0 radical (unpaired) electrons. The van der Waals surface area contributed by atoms with Crippen molar-refractivity contribution in [3.8, 4) is 0 Å². The summed E-state index contributed by atoms with van der Waals surface area (Å²) in [7, 11) is 0. The van der Waals surface area contributed by atoms with Crippen LogP contribution in [0.3, 0.4) is 0 Å². The van der Waals surface area contributed by atoms with Gasteiger partial charge in [-0.05, 0) is 43.7 Å². The minimum absolute atomic E-state index is 0.0555. The summed E-state index contributed by atoms with van der Waals surface area (Å²) in [6.07, 6.45) is 2.57. The van der Waals surface area contributed by atoms with E-state index < -0.39 is 17.5 Å². The Balaban J connectivity index is 1.80. The summed E-state index contributed by atoms with van der Waals surface area (Å²) in [5, 5.41) is 2.46. The average molecular weight is 386 g/mol. The van der Waals surface area contributed by atoms with Gasteiger partial charge in [-0.3, -0.25) is 4.79 Å². The summed E-state index contributed by atoms with van der Waals surface area (Å²) >= 11 is 0. The van der Waals surface area contributed by atoms with Crippen molar-refractivity contribution in [3.05, 3.63) is 77.4 Å². The Labute approximate surface area is 159 Å². The molecule has 1 heterocycles. The van der Waals surface area contributed by atoms with Crippen LogP contribution in [-0.4, -0.2) is 22.4 Å². The minimum Gasteiger partial charge on any atom is -0.322 e. The Morgan fingerprint density at radius 1 is 1.07 bits per heavy atom. The molecule has 0 aliphatic heterocycles. The molecular weight excluding hydrogens is 369 g/mol. The number of nitrogens with zero attached hydrogens (tertiary/aromatic N) is 3. The van der Waals surface area contributed by atoms with Gasteiger partial charge in [-0.2, -0.15) is 0 Å². The lowest BCUT2D eigenvalue weighted by Gasteiger charge is -2.21. The van der Waals surface area contributed by atoms with E-state index in [1.165, 1.54) is 12.4 Å². The molecule has 0 saturated carbocycles. The lowest BCUT2D eigenvalue weighted by atomic mass is 10.2. The minimum atomic E-state index is -1.59. The first kappa shape index (κ1) is 19.3. The summed E-state index contributed by atoms with van der Waals surface area (Å²) in [5.41, 5.74) is 1.69. The number of carbonyl (C=O) groups is 1. The standard InChI is InChI=1S/C20H17F3N4O/c1-3-27(14-6-4-5-12(2)9-14)19(28)13-10-24-20(25-11-13)26-16-8-7-15(21)17(22)18(16)23/h4-11H,3H2,1-2H3,(H,24,25,26). The molecule has 0 saturated heterocycles. The monoisotopic (exact) mass is 386 g/mol. The zero-order chi connectivity index (χ0) is 20.3. The van der Waals surface area contributed by atoms with E-state index in [4.69, 9.17) is 0 Å². The van der Waals surface area contributed by atoms with Gasteiger partial charge in [0.05, 0.1) is 11.3 Å². The second kappa shape index (κ2) is 8.08. The van der Waals surface area contributed by atoms with E-state index in [9.17, 15) is 18.0 Å². The molecule has 0 unspecified atom stereocenters. The van der Waals surface area contributed by atoms with Crippen molar-refractivity contribution >= 4 is 23.2 Å². The number of carbonyl (C=O) groups excluding carboxylic acids is 1. The molecule has 0 aliphatic carbocycles. The molecule has 0 fully saturated rings. The maximum absolute atomic E-state index is 13.7. The van der Waals surface area contributed by atoms with E-state index in [2.05, 4.69) is 15.3 Å². The Morgan fingerprint density at radius 2 is 1.79 bits per heavy atom. The van der Waals surface area contributed by atoms with Crippen molar-refractivity contribution in [1.82, 2.24) is 9.97 Å². The lowest BCUT2D eigenvalue weighted by Crippen LogP contribution is -2.30. The van der Waals surface area contributed by atoms with Crippen molar-refractivity contribution in [1.29, 1.82) is 0 Å². The molecule has 0 atom stereocenters. The lowest BCUT2D eigenvalue weighted by molar-refractivity contribution is 0.0987. The van der Waals surface area contributed by atoms with Crippen LogP contribution in [0.1, 0.15) is 22.8 Å². The SMILES string of the molecule is CCN(C(=O)c1cnc(Nc2ccc(F)c(F)c2F)nc1)c1cccc(C)c1. The first-order chi connectivity index (χ1) is 13.4. The van der Waals surface area contributed by atoms with Gasteiger partial charge in [0.15, 0.2) is 17.5 Å². The highest BCUT2D eigenvalue weighted by atomic mass is 19.2. The average Bonchev–Trinajstić information content (AvgIpc) is 2.69. The molecule has 5 nitrogen and oxygen atoms in total. The highest BCUT2D eigenvalue weighted by molar-refractivity contribution is 6.05. The third-order valence-corrected chi connectivity index (χ3v) is 4.06.